The number of pyridine rings is 1. The molecule has 11 heteroatoms. The Morgan fingerprint density at radius 2 is 1.64 bits per heavy atom. The van der Waals surface area contributed by atoms with Crippen LogP contribution in [0.1, 0.15) is 13.8 Å². The Morgan fingerprint density at radius 3 is 2.21 bits per heavy atom. The first-order valence-electron chi connectivity index (χ1n) is 9.96. The summed E-state index contributed by atoms with van der Waals surface area (Å²) in [6, 6.07) is 7.81. The summed E-state index contributed by atoms with van der Waals surface area (Å²) >= 11 is 0. The molecule has 1 heterocycles. The number of anilines is 1. The van der Waals surface area contributed by atoms with E-state index in [1.54, 1.807) is 4.90 Å². The number of aromatic nitrogens is 1. The summed E-state index contributed by atoms with van der Waals surface area (Å²) in [6.07, 6.45) is -3.67. The minimum absolute atomic E-state index is 0.0718. The number of methoxy groups -OCH3 is 2. The first kappa shape index (κ1) is 24.4. The maximum Gasteiger partial charge on any atom is 0.573 e. The van der Waals surface area contributed by atoms with Crippen molar-refractivity contribution in [2.24, 2.45) is 0 Å². The second kappa shape index (κ2) is 9.34. The fraction of sp³-hybridized carbons (Fsp3) is 0.318. The van der Waals surface area contributed by atoms with Gasteiger partial charge in [-0.2, -0.15) is 0 Å². The van der Waals surface area contributed by atoms with Gasteiger partial charge in [-0.15, -0.1) is 13.2 Å². The molecule has 0 atom stereocenters. The summed E-state index contributed by atoms with van der Waals surface area (Å²) in [4.78, 5) is 5.73. The number of fused-ring (bicyclic) bond motifs is 1. The van der Waals surface area contributed by atoms with E-state index in [-0.39, 0.29) is 26.6 Å². The molecule has 0 aliphatic heterocycles. The zero-order chi connectivity index (χ0) is 24.4. The Bertz CT molecular complexity index is 1260. The fourth-order valence-electron chi connectivity index (χ4n) is 3.51. The number of hydrogen-bond acceptors (Lipinski definition) is 7. The second-order valence-corrected chi connectivity index (χ2v) is 8.81. The average molecular weight is 484 g/mol. The largest absolute Gasteiger partial charge is 0.573 e. The summed E-state index contributed by atoms with van der Waals surface area (Å²) in [5, 5.41) is 0.224. The van der Waals surface area contributed by atoms with Crippen LogP contribution in [0.4, 0.5) is 18.9 Å². The number of nitrogens with zero attached hydrogens (tertiary/aromatic N) is 2. The topological polar surface area (TPSA) is 78.0 Å². The Balaban J connectivity index is 2.30. The molecule has 7 nitrogen and oxygen atoms in total. The van der Waals surface area contributed by atoms with Gasteiger partial charge in [0.15, 0.2) is 11.5 Å². The van der Waals surface area contributed by atoms with Crippen molar-refractivity contribution in [3.05, 3.63) is 42.6 Å². The predicted molar refractivity (Wildman–Crippen MR) is 117 cm³/mol. The van der Waals surface area contributed by atoms with Crippen LogP contribution in [0.3, 0.4) is 0 Å². The second-order valence-electron chi connectivity index (χ2n) is 6.89. The maximum atomic E-state index is 13.6. The molecule has 0 bridgehead atoms. The number of alkyl halides is 3. The molecule has 0 saturated carbocycles. The summed E-state index contributed by atoms with van der Waals surface area (Å²) in [6.45, 7) is 4.46. The molecule has 0 saturated heterocycles. The van der Waals surface area contributed by atoms with Crippen LogP contribution in [0.25, 0.3) is 10.9 Å². The van der Waals surface area contributed by atoms with E-state index in [1.165, 1.54) is 44.7 Å². The molecule has 0 N–H and O–H groups in total. The van der Waals surface area contributed by atoms with Gasteiger partial charge in [-0.3, -0.25) is 4.98 Å². The molecule has 1 aromatic heterocycles. The van der Waals surface area contributed by atoms with Gasteiger partial charge in [0.25, 0.3) is 0 Å². The van der Waals surface area contributed by atoms with Gasteiger partial charge < -0.3 is 19.1 Å². The molecule has 178 valence electrons. The summed E-state index contributed by atoms with van der Waals surface area (Å²) in [5.74, 6) is 0.106. The lowest BCUT2D eigenvalue weighted by Crippen LogP contribution is -2.25. The molecular formula is C22H23F3N2O5S. The molecule has 33 heavy (non-hydrogen) atoms. The van der Waals surface area contributed by atoms with Gasteiger partial charge in [0.05, 0.1) is 30.3 Å². The van der Waals surface area contributed by atoms with Crippen molar-refractivity contribution in [3.63, 3.8) is 0 Å². The van der Waals surface area contributed by atoms with E-state index in [0.717, 1.165) is 12.1 Å². The smallest absolute Gasteiger partial charge is 0.493 e. The molecule has 3 rings (SSSR count). The lowest BCUT2D eigenvalue weighted by atomic mass is 10.1. The minimum Gasteiger partial charge on any atom is -0.493 e. The van der Waals surface area contributed by atoms with Crippen LogP contribution < -0.4 is 19.1 Å². The normalized spacial score (nSPS) is 12.0. The molecule has 0 radical (unpaired) electrons. The molecule has 0 fully saturated rings. The number of halogens is 3. The van der Waals surface area contributed by atoms with Crippen LogP contribution in [0.15, 0.2) is 52.4 Å². The molecular weight excluding hydrogens is 461 g/mol. The van der Waals surface area contributed by atoms with Crippen LogP contribution in [0, 0.1) is 0 Å². The molecule has 2 aromatic carbocycles. The average Bonchev–Trinajstić information content (AvgIpc) is 2.78. The van der Waals surface area contributed by atoms with Gasteiger partial charge in [-0.25, -0.2) is 8.42 Å². The molecule has 0 amide bonds. The predicted octanol–water partition coefficient (Wildman–Crippen LogP) is 4.83. The van der Waals surface area contributed by atoms with Gasteiger partial charge in [-0.05, 0) is 44.2 Å². The van der Waals surface area contributed by atoms with E-state index in [1.807, 2.05) is 13.8 Å². The Morgan fingerprint density at radius 1 is 0.970 bits per heavy atom. The molecule has 3 aromatic rings. The standard InChI is InChI=1S/C22H23F3N2O5S/c1-5-27(6-2)21-16-11-14(32-22(23,24)25)7-9-17(16)26-13-20(21)33(28,29)15-8-10-18(30-3)19(12-15)31-4/h7-13H,5-6H2,1-4H3. The number of hydrogen-bond donors (Lipinski definition) is 0. The van der Waals surface area contributed by atoms with E-state index >= 15 is 0 Å². The number of rotatable bonds is 8. The summed E-state index contributed by atoms with van der Waals surface area (Å²) < 4.78 is 80.1. The van der Waals surface area contributed by atoms with E-state index in [0.29, 0.717) is 24.4 Å². The minimum atomic E-state index is -4.89. The lowest BCUT2D eigenvalue weighted by Gasteiger charge is -2.26. The van der Waals surface area contributed by atoms with Gasteiger partial charge in [-0.1, -0.05) is 0 Å². The van der Waals surface area contributed by atoms with Gasteiger partial charge in [0.1, 0.15) is 10.6 Å². The molecule has 0 spiro atoms. The Hall–Kier alpha value is -3.21. The maximum absolute atomic E-state index is 13.6. The van der Waals surface area contributed by atoms with E-state index in [4.69, 9.17) is 9.47 Å². The van der Waals surface area contributed by atoms with Crippen LogP contribution in [-0.4, -0.2) is 47.1 Å². The van der Waals surface area contributed by atoms with Crippen molar-refractivity contribution in [2.75, 3.05) is 32.2 Å². The molecule has 0 aliphatic carbocycles. The number of benzene rings is 2. The highest BCUT2D eigenvalue weighted by molar-refractivity contribution is 7.91. The van der Waals surface area contributed by atoms with Crippen molar-refractivity contribution < 1.29 is 35.8 Å². The van der Waals surface area contributed by atoms with Crippen molar-refractivity contribution in [1.29, 1.82) is 0 Å². The van der Waals surface area contributed by atoms with Crippen molar-refractivity contribution >= 4 is 26.4 Å². The van der Waals surface area contributed by atoms with E-state index in [9.17, 15) is 21.6 Å². The molecule has 0 aliphatic rings. The first-order chi connectivity index (χ1) is 15.5. The quantitative estimate of drug-likeness (QED) is 0.453. The van der Waals surface area contributed by atoms with Crippen molar-refractivity contribution in [1.82, 2.24) is 4.98 Å². The van der Waals surface area contributed by atoms with E-state index < -0.39 is 21.9 Å². The van der Waals surface area contributed by atoms with Crippen LogP contribution >= 0.6 is 0 Å². The van der Waals surface area contributed by atoms with Crippen molar-refractivity contribution in [3.8, 4) is 17.2 Å². The third-order valence-corrected chi connectivity index (χ3v) is 6.80. The highest BCUT2D eigenvalue weighted by Gasteiger charge is 2.32. The van der Waals surface area contributed by atoms with Gasteiger partial charge >= 0.3 is 6.36 Å². The van der Waals surface area contributed by atoms with Crippen LogP contribution in [-0.2, 0) is 9.84 Å². The third-order valence-electron chi connectivity index (χ3n) is 5.05. The van der Waals surface area contributed by atoms with Gasteiger partial charge in [0, 0.05) is 30.7 Å². The first-order valence-corrected chi connectivity index (χ1v) is 11.4. The van der Waals surface area contributed by atoms with E-state index in [2.05, 4.69) is 9.72 Å². The highest BCUT2D eigenvalue weighted by Crippen LogP contribution is 2.39. The zero-order valence-corrected chi connectivity index (χ0v) is 19.2. The van der Waals surface area contributed by atoms with Crippen molar-refractivity contribution in [2.45, 2.75) is 30.0 Å². The number of sulfone groups is 1. The lowest BCUT2D eigenvalue weighted by molar-refractivity contribution is -0.274. The Labute approximate surface area is 189 Å². The third kappa shape index (κ3) is 4.92. The van der Waals surface area contributed by atoms with Gasteiger partial charge in [0.2, 0.25) is 9.84 Å². The molecule has 0 unspecified atom stereocenters. The van der Waals surface area contributed by atoms with Crippen LogP contribution in [0.5, 0.6) is 17.2 Å². The highest BCUT2D eigenvalue weighted by atomic mass is 32.2. The monoisotopic (exact) mass is 484 g/mol. The summed E-state index contributed by atoms with van der Waals surface area (Å²) in [7, 11) is -1.32. The summed E-state index contributed by atoms with van der Waals surface area (Å²) in [5.41, 5.74) is 0.574. The fourth-order valence-corrected chi connectivity index (χ4v) is 4.96. The zero-order valence-electron chi connectivity index (χ0n) is 18.4. The SMILES string of the molecule is CCN(CC)c1c(S(=O)(=O)c2ccc(OC)c(OC)c2)cnc2ccc(OC(F)(F)F)cc12. The van der Waals surface area contributed by atoms with Crippen LogP contribution in [0.2, 0.25) is 0 Å². The Kier molecular flexibility index (Phi) is 6.92. The number of ether oxygens (including phenoxy) is 3.